The molecule has 1 aliphatic carbocycles. The van der Waals surface area contributed by atoms with Gasteiger partial charge in [0.2, 0.25) is 0 Å². The first-order valence-electron chi connectivity index (χ1n) is 13.6. The Morgan fingerprint density at radius 2 is 1.82 bits per heavy atom. The van der Waals surface area contributed by atoms with Gasteiger partial charge in [-0.3, -0.25) is 9.59 Å². The number of hydrogen-bond acceptors (Lipinski definition) is 5. The minimum atomic E-state index is -0.269. The summed E-state index contributed by atoms with van der Waals surface area (Å²) in [6, 6.07) is 13.7. The van der Waals surface area contributed by atoms with E-state index in [1.807, 2.05) is 63.2 Å². The summed E-state index contributed by atoms with van der Waals surface area (Å²) in [6.45, 7) is 6.38. The van der Waals surface area contributed by atoms with Crippen molar-refractivity contribution in [3.05, 3.63) is 85.8 Å². The van der Waals surface area contributed by atoms with Crippen LogP contribution in [0.4, 0.5) is 11.4 Å². The van der Waals surface area contributed by atoms with Crippen LogP contribution in [0.5, 0.6) is 0 Å². The third-order valence-corrected chi connectivity index (χ3v) is 9.00. The van der Waals surface area contributed by atoms with Crippen molar-refractivity contribution in [2.75, 3.05) is 17.6 Å². The number of halogens is 1. The van der Waals surface area contributed by atoms with E-state index in [2.05, 4.69) is 32.6 Å². The maximum Gasteiger partial charge on any atom is 0.263 e. The zero-order valence-corrected chi connectivity index (χ0v) is 25.4. The lowest BCUT2D eigenvalue weighted by molar-refractivity contribution is 0.0958. The Morgan fingerprint density at radius 3 is 2.52 bits per heavy atom. The highest BCUT2D eigenvalue weighted by molar-refractivity contribution is 9.10. The van der Waals surface area contributed by atoms with Crippen molar-refractivity contribution in [1.29, 1.82) is 0 Å². The number of amides is 2. The molecule has 0 unspecified atom stereocenters. The summed E-state index contributed by atoms with van der Waals surface area (Å²) in [5.41, 5.74) is 13.8. The van der Waals surface area contributed by atoms with Gasteiger partial charge in [-0.25, -0.2) is 4.98 Å². The van der Waals surface area contributed by atoms with Gasteiger partial charge in [0.25, 0.3) is 11.8 Å². The number of fused-ring (bicyclic) bond motifs is 1. The molecule has 2 aromatic heterocycles. The number of nitrogens with zero attached hydrogens (tertiary/aromatic N) is 1. The Kier molecular flexibility index (Phi) is 8.38. The second-order valence-electron chi connectivity index (χ2n) is 10.4. The molecule has 1 aliphatic rings. The smallest absolute Gasteiger partial charge is 0.263 e. The quantitative estimate of drug-likeness (QED) is 0.183. The summed E-state index contributed by atoms with van der Waals surface area (Å²) in [6.07, 6.45) is 7.83. The van der Waals surface area contributed by atoms with E-state index in [-0.39, 0.29) is 11.8 Å². The van der Waals surface area contributed by atoms with Gasteiger partial charge >= 0.3 is 0 Å². The van der Waals surface area contributed by atoms with Crippen LogP contribution in [0.25, 0.3) is 21.3 Å². The fraction of sp³-hybridized carbons (Fsp3) is 0.281. The summed E-state index contributed by atoms with van der Waals surface area (Å²) < 4.78 is 0.922. The van der Waals surface area contributed by atoms with Crippen LogP contribution in [0, 0.1) is 20.8 Å². The molecule has 4 aromatic rings. The van der Waals surface area contributed by atoms with Crippen LogP contribution in [0.1, 0.15) is 69.0 Å². The molecule has 2 heterocycles. The van der Waals surface area contributed by atoms with Crippen molar-refractivity contribution in [3.63, 3.8) is 0 Å². The van der Waals surface area contributed by atoms with Crippen molar-refractivity contribution < 1.29 is 9.59 Å². The Balaban J connectivity index is 1.55. The van der Waals surface area contributed by atoms with Crippen LogP contribution in [0.2, 0.25) is 0 Å². The average molecular weight is 618 g/mol. The largest absolute Gasteiger partial charge is 0.397 e. The van der Waals surface area contributed by atoms with Gasteiger partial charge in [0, 0.05) is 27.7 Å². The summed E-state index contributed by atoms with van der Waals surface area (Å²) in [7, 11) is 0. The number of aromatic nitrogens is 1. The molecule has 5 rings (SSSR count). The fourth-order valence-electron chi connectivity index (χ4n) is 5.30. The van der Waals surface area contributed by atoms with Crippen molar-refractivity contribution >= 4 is 60.7 Å². The number of hydrogen-bond donors (Lipinski definition) is 3. The van der Waals surface area contributed by atoms with Crippen molar-refractivity contribution in [2.45, 2.75) is 52.9 Å². The molecular formula is C32H33BrN4O2S. The molecular weight excluding hydrogens is 584 g/mol. The summed E-state index contributed by atoms with van der Waals surface area (Å²) in [5, 5.41) is 6.75. The molecule has 0 spiro atoms. The molecule has 0 fully saturated rings. The van der Waals surface area contributed by atoms with E-state index >= 15 is 0 Å². The number of carbonyl (C=O) groups is 2. The van der Waals surface area contributed by atoms with Crippen LogP contribution in [0.3, 0.4) is 0 Å². The van der Waals surface area contributed by atoms with Gasteiger partial charge < -0.3 is 16.4 Å². The Bertz CT molecular complexity index is 1640. The predicted octanol–water partition coefficient (Wildman–Crippen LogP) is 8.11. The van der Waals surface area contributed by atoms with E-state index < -0.39 is 0 Å². The lowest BCUT2D eigenvalue weighted by atomic mass is 9.94. The molecule has 40 heavy (non-hydrogen) atoms. The van der Waals surface area contributed by atoms with E-state index in [0.717, 1.165) is 46.1 Å². The van der Waals surface area contributed by atoms with Crippen LogP contribution in [0.15, 0.2) is 58.6 Å². The SMILES string of the molecule is Cc1ccc(NC(=O)c2c(C)nc3sc(C(=O)NCCC4=CCCCC4)c(N)c3c2-c2ccc(Br)cc2)c(C)c1. The summed E-state index contributed by atoms with van der Waals surface area (Å²) in [4.78, 5) is 32.9. The maximum atomic E-state index is 13.8. The predicted molar refractivity (Wildman–Crippen MR) is 169 cm³/mol. The monoisotopic (exact) mass is 616 g/mol. The first-order valence-corrected chi connectivity index (χ1v) is 15.2. The minimum absolute atomic E-state index is 0.211. The van der Waals surface area contributed by atoms with Crippen molar-refractivity contribution in [1.82, 2.24) is 10.3 Å². The maximum absolute atomic E-state index is 13.8. The van der Waals surface area contributed by atoms with Gasteiger partial charge in [-0.05, 0) is 82.2 Å². The second kappa shape index (κ2) is 11.9. The van der Waals surface area contributed by atoms with Crippen molar-refractivity contribution in [3.8, 4) is 11.1 Å². The molecule has 0 aliphatic heterocycles. The van der Waals surface area contributed by atoms with E-state index in [9.17, 15) is 9.59 Å². The van der Waals surface area contributed by atoms with E-state index in [0.29, 0.717) is 44.1 Å². The number of nitrogens with two attached hydrogens (primary N) is 1. The number of thiophene rings is 1. The zero-order chi connectivity index (χ0) is 28.4. The van der Waals surface area contributed by atoms with Gasteiger partial charge in [0.1, 0.15) is 9.71 Å². The first-order chi connectivity index (χ1) is 19.2. The molecule has 0 atom stereocenters. The van der Waals surface area contributed by atoms with Gasteiger partial charge in [-0.1, -0.05) is 57.4 Å². The zero-order valence-electron chi connectivity index (χ0n) is 23.0. The van der Waals surface area contributed by atoms with Crippen LogP contribution in [-0.2, 0) is 0 Å². The average Bonchev–Trinajstić information content (AvgIpc) is 3.26. The molecule has 206 valence electrons. The number of pyridine rings is 1. The molecule has 6 nitrogen and oxygen atoms in total. The molecule has 2 aromatic carbocycles. The highest BCUT2D eigenvalue weighted by Gasteiger charge is 2.27. The number of allylic oxidation sites excluding steroid dienone is 1. The number of nitrogens with one attached hydrogen (secondary N) is 2. The topological polar surface area (TPSA) is 97.1 Å². The fourth-order valence-corrected chi connectivity index (χ4v) is 6.64. The Morgan fingerprint density at radius 1 is 1.05 bits per heavy atom. The number of aryl methyl sites for hydroxylation is 3. The number of benzene rings is 2. The second-order valence-corrected chi connectivity index (χ2v) is 12.3. The number of rotatable bonds is 7. The Labute approximate surface area is 247 Å². The molecule has 0 saturated heterocycles. The van der Waals surface area contributed by atoms with Crippen molar-refractivity contribution in [2.24, 2.45) is 0 Å². The van der Waals surface area contributed by atoms with E-state index in [4.69, 9.17) is 10.7 Å². The number of nitrogen functional groups attached to an aromatic ring is 1. The molecule has 0 bridgehead atoms. The normalized spacial score (nSPS) is 13.2. The number of anilines is 2. The molecule has 4 N–H and O–H groups in total. The van der Waals surface area contributed by atoms with Gasteiger partial charge in [0.05, 0.1) is 16.9 Å². The highest BCUT2D eigenvalue weighted by Crippen LogP contribution is 2.42. The third kappa shape index (κ3) is 5.83. The highest BCUT2D eigenvalue weighted by atomic mass is 79.9. The molecule has 8 heteroatoms. The third-order valence-electron chi connectivity index (χ3n) is 7.37. The van der Waals surface area contributed by atoms with Gasteiger partial charge in [0.15, 0.2) is 0 Å². The number of carbonyl (C=O) groups excluding carboxylic acids is 2. The minimum Gasteiger partial charge on any atom is -0.397 e. The first kappa shape index (κ1) is 28.1. The van der Waals surface area contributed by atoms with E-state index in [1.165, 1.54) is 29.8 Å². The van der Waals surface area contributed by atoms with Crippen LogP contribution in [-0.4, -0.2) is 23.3 Å². The molecule has 0 saturated carbocycles. The summed E-state index contributed by atoms with van der Waals surface area (Å²) in [5.74, 6) is -0.480. The molecule has 2 amide bonds. The van der Waals surface area contributed by atoms with Crippen LogP contribution < -0.4 is 16.4 Å². The van der Waals surface area contributed by atoms with Gasteiger partial charge in [-0.15, -0.1) is 11.3 Å². The molecule has 0 radical (unpaired) electrons. The van der Waals surface area contributed by atoms with Crippen LogP contribution >= 0.6 is 27.3 Å². The van der Waals surface area contributed by atoms with E-state index in [1.54, 1.807) is 0 Å². The Hall–Kier alpha value is -3.49. The van der Waals surface area contributed by atoms with Gasteiger partial charge in [-0.2, -0.15) is 0 Å². The summed E-state index contributed by atoms with van der Waals surface area (Å²) >= 11 is 4.78. The lowest BCUT2D eigenvalue weighted by Crippen LogP contribution is -2.24. The lowest BCUT2D eigenvalue weighted by Gasteiger charge is -2.16. The standard InChI is InChI=1S/C32H33BrN4O2S/c1-18-9-14-24(19(2)17-18)37-30(38)25-20(3)36-32-27(26(25)22-10-12-23(33)13-11-22)28(34)29(40-32)31(39)35-16-15-21-7-5-4-6-8-21/h7,9-14,17H,4-6,8,15-16,34H2,1-3H3,(H,35,39)(H,37,38).